The summed E-state index contributed by atoms with van der Waals surface area (Å²) in [6.45, 7) is 4.61. The van der Waals surface area contributed by atoms with E-state index in [0.29, 0.717) is 5.92 Å². The lowest BCUT2D eigenvalue weighted by atomic mass is 10.0. The lowest BCUT2D eigenvalue weighted by Gasteiger charge is -2.15. The molecule has 1 saturated heterocycles. The first-order valence-electron chi connectivity index (χ1n) is 7.80. The fourth-order valence-corrected chi connectivity index (χ4v) is 3.04. The number of carbonyl (C=O) groups is 1. The van der Waals surface area contributed by atoms with Crippen molar-refractivity contribution in [3.63, 3.8) is 0 Å². The zero-order chi connectivity index (χ0) is 17.4. The molecule has 1 aliphatic rings. The number of carboxylic acid groups (broad SMARTS) is 1. The van der Waals surface area contributed by atoms with E-state index in [2.05, 4.69) is 27.2 Å². The largest absolute Gasteiger partial charge is 0.483 e. The highest BCUT2D eigenvalue weighted by Crippen LogP contribution is 2.25. The third-order valence-electron chi connectivity index (χ3n) is 4.06. The van der Waals surface area contributed by atoms with Crippen LogP contribution in [-0.4, -0.2) is 52.9 Å². The molecule has 2 aromatic heterocycles. The fourth-order valence-electron chi connectivity index (χ4n) is 3.04. The van der Waals surface area contributed by atoms with E-state index in [-0.39, 0.29) is 12.6 Å². The Morgan fingerprint density at radius 1 is 1.42 bits per heavy atom. The lowest BCUT2D eigenvalue weighted by molar-refractivity contribution is -0.122. The minimum absolute atomic E-state index is 0.247. The molecule has 0 aliphatic carbocycles. The van der Waals surface area contributed by atoms with Crippen LogP contribution in [0.4, 0.5) is 0 Å². The van der Waals surface area contributed by atoms with Crippen molar-refractivity contribution >= 4 is 6.47 Å². The number of likely N-dealkylation sites (tertiary alicyclic amines) is 1. The Morgan fingerprint density at radius 2 is 2.12 bits per heavy atom. The Hall–Kier alpha value is -2.25. The highest BCUT2D eigenvalue weighted by atomic mass is 16.5. The average Bonchev–Trinajstić information content (AvgIpc) is 3.15. The normalized spacial score (nSPS) is 20.4. The zero-order valence-corrected chi connectivity index (χ0v) is 14.0. The van der Waals surface area contributed by atoms with Crippen LogP contribution in [0, 0.1) is 12.8 Å². The van der Waals surface area contributed by atoms with Crippen molar-refractivity contribution in [2.24, 2.45) is 5.92 Å². The second kappa shape index (κ2) is 9.14. The van der Waals surface area contributed by atoms with E-state index in [0.717, 1.165) is 37.5 Å². The van der Waals surface area contributed by atoms with Crippen molar-refractivity contribution in [1.82, 2.24) is 15.0 Å². The van der Waals surface area contributed by atoms with E-state index in [1.54, 1.807) is 7.11 Å². The van der Waals surface area contributed by atoms with Gasteiger partial charge in [0.1, 0.15) is 5.76 Å². The summed E-state index contributed by atoms with van der Waals surface area (Å²) >= 11 is 0. The quantitative estimate of drug-likeness (QED) is 0.834. The highest BCUT2D eigenvalue weighted by molar-refractivity contribution is 5.32. The Balaban J connectivity index is 0.000000647. The van der Waals surface area contributed by atoms with Crippen LogP contribution < -0.4 is 0 Å². The molecule has 0 unspecified atom stereocenters. The molecule has 7 nitrogen and oxygen atoms in total. The van der Waals surface area contributed by atoms with Gasteiger partial charge in [-0.3, -0.25) is 14.7 Å². The molecule has 7 heteroatoms. The summed E-state index contributed by atoms with van der Waals surface area (Å²) in [5, 5.41) is 10.8. The standard InChI is InChI=1S/C16H21N3O2.CH2O2/c1-12-7-15(21-18-12)8-14-10-19(11-16(14)20-2)9-13-3-5-17-6-4-13;2-1-3/h3-7,14,16H,8-11H2,1-2H3;1H,(H,2,3)/t14-,16+;/m1./s1. The molecule has 0 aromatic carbocycles. The summed E-state index contributed by atoms with van der Waals surface area (Å²) in [4.78, 5) is 14.9. The van der Waals surface area contributed by atoms with Crippen LogP contribution >= 0.6 is 0 Å². The predicted octanol–water partition coefficient (Wildman–Crippen LogP) is 1.77. The maximum absolute atomic E-state index is 8.36. The number of hydrogen-bond donors (Lipinski definition) is 1. The van der Waals surface area contributed by atoms with Gasteiger partial charge in [-0.1, -0.05) is 5.16 Å². The van der Waals surface area contributed by atoms with Crippen molar-refractivity contribution in [3.05, 3.63) is 47.6 Å². The smallest absolute Gasteiger partial charge is 0.290 e. The number of pyridine rings is 1. The minimum Gasteiger partial charge on any atom is -0.483 e. The average molecular weight is 333 g/mol. The number of methoxy groups -OCH3 is 1. The molecule has 2 aromatic rings. The van der Waals surface area contributed by atoms with Crippen molar-refractivity contribution in [1.29, 1.82) is 0 Å². The monoisotopic (exact) mass is 333 g/mol. The fraction of sp³-hybridized carbons (Fsp3) is 0.471. The van der Waals surface area contributed by atoms with Crippen LogP contribution in [0.5, 0.6) is 0 Å². The van der Waals surface area contributed by atoms with Crippen LogP contribution in [0.1, 0.15) is 17.0 Å². The van der Waals surface area contributed by atoms with Gasteiger partial charge in [0, 0.05) is 57.5 Å². The van der Waals surface area contributed by atoms with Gasteiger partial charge < -0.3 is 14.4 Å². The summed E-state index contributed by atoms with van der Waals surface area (Å²) in [7, 11) is 1.79. The number of rotatable bonds is 5. The van der Waals surface area contributed by atoms with Gasteiger partial charge in [-0.25, -0.2) is 0 Å². The molecule has 0 spiro atoms. The number of hydrogen-bond acceptors (Lipinski definition) is 6. The first kappa shape index (κ1) is 18.1. The third kappa shape index (κ3) is 5.14. The van der Waals surface area contributed by atoms with Crippen LogP contribution in [0.15, 0.2) is 35.1 Å². The second-order valence-electron chi connectivity index (χ2n) is 5.83. The molecular weight excluding hydrogens is 310 g/mol. The summed E-state index contributed by atoms with van der Waals surface area (Å²) in [6, 6.07) is 6.14. The van der Waals surface area contributed by atoms with E-state index in [9.17, 15) is 0 Å². The van der Waals surface area contributed by atoms with E-state index >= 15 is 0 Å². The summed E-state index contributed by atoms with van der Waals surface area (Å²) in [6.07, 6.45) is 4.81. The Morgan fingerprint density at radius 3 is 2.71 bits per heavy atom. The van der Waals surface area contributed by atoms with Crippen molar-refractivity contribution < 1.29 is 19.2 Å². The molecule has 0 bridgehead atoms. The van der Waals surface area contributed by atoms with Crippen molar-refractivity contribution in [2.75, 3.05) is 20.2 Å². The van der Waals surface area contributed by atoms with Gasteiger partial charge in [0.2, 0.25) is 0 Å². The van der Waals surface area contributed by atoms with E-state index < -0.39 is 0 Å². The lowest BCUT2D eigenvalue weighted by Crippen LogP contribution is -2.23. The number of nitrogens with zero attached hydrogens (tertiary/aromatic N) is 3. The van der Waals surface area contributed by atoms with Gasteiger partial charge in [-0.2, -0.15) is 0 Å². The Bertz CT molecular complexity index is 617. The predicted molar refractivity (Wildman–Crippen MR) is 87.4 cm³/mol. The molecule has 2 atom stereocenters. The van der Waals surface area contributed by atoms with Crippen LogP contribution in [0.25, 0.3) is 0 Å². The molecule has 3 heterocycles. The van der Waals surface area contributed by atoms with E-state index in [1.165, 1.54) is 5.56 Å². The van der Waals surface area contributed by atoms with Gasteiger partial charge in [-0.05, 0) is 24.6 Å². The molecule has 0 saturated carbocycles. The topological polar surface area (TPSA) is 88.7 Å². The van der Waals surface area contributed by atoms with E-state index in [1.807, 2.05) is 25.4 Å². The molecule has 1 fully saturated rings. The Labute approximate surface area is 141 Å². The molecule has 24 heavy (non-hydrogen) atoms. The molecule has 1 N–H and O–H groups in total. The second-order valence-corrected chi connectivity index (χ2v) is 5.83. The van der Waals surface area contributed by atoms with Gasteiger partial charge in [0.05, 0.1) is 11.8 Å². The minimum atomic E-state index is -0.250. The molecule has 0 radical (unpaired) electrons. The van der Waals surface area contributed by atoms with Gasteiger partial charge in [0.15, 0.2) is 0 Å². The van der Waals surface area contributed by atoms with Crippen LogP contribution in [0.2, 0.25) is 0 Å². The summed E-state index contributed by atoms with van der Waals surface area (Å²) < 4.78 is 11.0. The first-order chi connectivity index (χ1) is 11.7. The van der Waals surface area contributed by atoms with Gasteiger partial charge >= 0.3 is 0 Å². The SMILES string of the molecule is CO[C@H]1CN(Cc2ccncc2)C[C@H]1Cc1cc(C)no1.O=CO. The first-order valence-corrected chi connectivity index (χ1v) is 7.80. The van der Waals surface area contributed by atoms with Crippen molar-refractivity contribution in [3.8, 4) is 0 Å². The molecule has 1 aliphatic heterocycles. The molecule has 0 amide bonds. The van der Waals surface area contributed by atoms with E-state index in [4.69, 9.17) is 19.2 Å². The summed E-state index contributed by atoms with van der Waals surface area (Å²) in [5.74, 6) is 1.40. The molecule has 130 valence electrons. The van der Waals surface area contributed by atoms with Crippen molar-refractivity contribution in [2.45, 2.75) is 26.0 Å². The van der Waals surface area contributed by atoms with Crippen LogP contribution in [0.3, 0.4) is 0 Å². The number of aromatic nitrogens is 2. The van der Waals surface area contributed by atoms with Gasteiger partial charge in [0.25, 0.3) is 6.47 Å². The highest BCUT2D eigenvalue weighted by Gasteiger charge is 2.33. The maximum atomic E-state index is 8.36. The number of ether oxygens (including phenoxy) is 1. The number of aryl methyl sites for hydroxylation is 1. The zero-order valence-electron chi connectivity index (χ0n) is 14.0. The van der Waals surface area contributed by atoms with Gasteiger partial charge in [-0.15, -0.1) is 0 Å². The maximum Gasteiger partial charge on any atom is 0.290 e. The summed E-state index contributed by atoms with van der Waals surface area (Å²) in [5.41, 5.74) is 2.22. The van der Waals surface area contributed by atoms with Crippen LogP contribution in [-0.2, 0) is 22.5 Å². The molecular formula is C17H23N3O4. The third-order valence-corrected chi connectivity index (χ3v) is 4.06. The Kier molecular flexibility index (Phi) is 6.89. The molecule has 3 rings (SSSR count).